The molecule has 0 radical (unpaired) electrons. The maximum atomic E-state index is 11.0. The van der Waals surface area contributed by atoms with Crippen LogP contribution in [0.3, 0.4) is 0 Å². The summed E-state index contributed by atoms with van der Waals surface area (Å²) in [5.74, 6) is 0.0432. The van der Waals surface area contributed by atoms with Gasteiger partial charge in [-0.15, -0.1) is 0 Å². The summed E-state index contributed by atoms with van der Waals surface area (Å²) >= 11 is 0. The summed E-state index contributed by atoms with van der Waals surface area (Å²) in [4.78, 5) is 11.0. The minimum atomic E-state index is -0.0947. The number of nitrogens with two attached hydrogens (primary N) is 1. The Hall–Kier alpha value is -0.890. The molecule has 66 valence electrons. The van der Waals surface area contributed by atoms with Crippen LogP contribution in [0.25, 0.3) is 0 Å². The summed E-state index contributed by atoms with van der Waals surface area (Å²) < 4.78 is 0. The number of carbonyl (C=O) groups excluding carboxylic acids is 1. The fourth-order valence-electron chi connectivity index (χ4n) is 1.32. The van der Waals surface area contributed by atoms with Gasteiger partial charge in [-0.3, -0.25) is 4.79 Å². The molecule has 1 rings (SSSR count). The molecule has 2 nitrogen and oxygen atoms in total. The fraction of sp³-hybridized carbons (Fsp3) is 0.500. The van der Waals surface area contributed by atoms with E-state index in [0.717, 1.165) is 5.57 Å². The molecule has 1 aliphatic rings. The molecule has 1 aliphatic carbocycles. The normalized spacial score (nSPS) is 24.2. The summed E-state index contributed by atoms with van der Waals surface area (Å²) in [6.07, 6.45) is 4.92. The molecule has 0 heterocycles. The topological polar surface area (TPSA) is 43.1 Å². The van der Waals surface area contributed by atoms with Gasteiger partial charge in [-0.25, -0.2) is 0 Å². The molecule has 0 amide bonds. The second kappa shape index (κ2) is 2.87. The molecule has 0 saturated heterocycles. The van der Waals surface area contributed by atoms with E-state index >= 15 is 0 Å². The summed E-state index contributed by atoms with van der Waals surface area (Å²) in [6, 6.07) is -0.0947. The number of hydrogen-bond donors (Lipinski definition) is 1. The first-order chi connectivity index (χ1) is 5.41. The Morgan fingerprint density at radius 1 is 1.42 bits per heavy atom. The van der Waals surface area contributed by atoms with Crippen LogP contribution in [0.5, 0.6) is 0 Å². The average Bonchev–Trinajstić information content (AvgIpc) is 1.92. The highest BCUT2D eigenvalue weighted by Crippen LogP contribution is 2.29. The van der Waals surface area contributed by atoms with Gasteiger partial charge in [0.2, 0.25) is 0 Å². The highest BCUT2D eigenvalue weighted by atomic mass is 16.1. The minimum absolute atomic E-state index is 0.0141. The quantitative estimate of drug-likeness (QED) is 0.590. The Labute approximate surface area is 73.1 Å². The number of rotatable bonds is 0. The van der Waals surface area contributed by atoms with Crippen LogP contribution in [-0.2, 0) is 4.79 Å². The predicted molar refractivity (Wildman–Crippen MR) is 49.7 cm³/mol. The van der Waals surface area contributed by atoms with Crippen LogP contribution in [0.2, 0.25) is 0 Å². The van der Waals surface area contributed by atoms with E-state index in [-0.39, 0.29) is 17.2 Å². The third kappa shape index (κ3) is 1.83. The number of allylic oxidation sites excluding steroid dienone is 2. The van der Waals surface area contributed by atoms with Crippen molar-refractivity contribution in [2.24, 2.45) is 11.1 Å². The zero-order valence-electron chi connectivity index (χ0n) is 7.79. The van der Waals surface area contributed by atoms with Crippen LogP contribution < -0.4 is 5.73 Å². The fourth-order valence-corrected chi connectivity index (χ4v) is 1.32. The van der Waals surface area contributed by atoms with Gasteiger partial charge in [-0.1, -0.05) is 26.8 Å². The second-order valence-electron chi connectivity index (χ2n) is 4.14. The lowest BCUT2D eigenvalue weighted by molar-refractivity contribution is -0.110. The number of ketones is 1. The molecule has 1 unspecified atom stereocenters. The zero-order valence-corrected chi connectivity index (χ0v) is 7.79. The molecular formula is C10H15NO. The largest absolute Gasteiger partial charge is 0.321 e. The van der Waals surface area contributed by atoms with Crippen molar-refractivity contribution in [2.45, 2.75) is 26.8 Å². The second-order valence-corrected chi connectivity index (χ2v) is 4.14. The standard InChI is InChI=1S/C10H15NO/c1-10(2,3)8-6-7(12)4-5-9(8)11/h4-6,9H,11H2,1-3H3. The summed E-state index contributed by atoms with van der Waals surface area (Å²) in [7, 11) is 0. The van der Waals surface area contributed by atoms with E-state index in [9.17, 15) is 4.79 Å². The van der Waals surface area contributed by atoms with E-state index < -0.39 is 0 Å². The van der Waals surface area contributed by atoms with Crippen LogP contribution in [0.4, 0.5) is 0 Å². The van der Waals surface area contributed by atoms with Gasteiger partial charge in [0.25, 0.3) is 0 Å². The molecule has 0 aromatic carbocycles. The van der Waals surface area contributed by atoms with Crippen molar-refractivity contribution in [3.8, 4) is 0 Å². The Morgan fingerprint density at radius 2 is 2.00 bits per heavy atom. The van der Waals surface area contributed by atoms with Gasteiger partial charge >= 0.3 is 0 Å². The maximum absolute atomic E-state index is 11.0. The third-order valence-electron chi connectivity index (χ3n) is 1.99. The summed E-state index contributed by atoms with van der Waals surface area (Å²) in [6.45, 7) is 6.18. The molecule has 0 aliphatic heterocycles. The average molecular weight is 165 g/mol. The van der Waals surface area contributed by atoms with Crippen molar-refractivity contribution < 1.29 is 4.79 Å². The van der Waals surface area contributed by atoms with Crippen molar-refractivity contribution in [1.82, 2.24) is 0 Å². The molecule has 1 atom stereocenters. The first kappa shape index (κ1) is 9.20. The van der Waals surface area contributed by atoms with E-state index in [1.54, 1.807) is 12.2 Å². The molecule has 0 saturated carbocycles. The molecule has 12 heavy (non-hydrogen) atoms. The van der Waals surface area contributed by atoms with E-state index in [0.29, 0.717) is 0 Å². The maximum Gasteiger partial charge on any atom is 0.178 e. The van der Waals surface area contributed by atoms with Crippen LogP contribution in [0.1, 0.15) is 20.8 Å². The summed E-state index contributed by atoms with van der Waals surface area (Å²) in [5, 5.41) is 0. The molecule has 0 fully saturated rings. The Kier molecular flexibility index (Phi) is 2.20. The summed E-state index contributed by atoms with van der Waals surface area (Å²) in [5.41, 5.74) is 6.82. The Balaban J connectivity index is 2.97. The van der Waals surface area contributed by atoms with Gasteiger partial charge in [-0.05, 0) is 23.1 Å². The van der Waals surface area contributed by atoms with Crippen molar-refractivity contribution in [3.63, 3.8) is 0 Å². The molecule has 0 spiro atoms. The molecule has 0 aromatic heterocycles. The van der Waals surface area contributed by atoms with Gasteiger partial charge in [-0.2, -0.15) is 0 Å². The van der Waals surface area contributed by atoms with Crippen molar-refractivity contribution in [2.75, 3.05) is 0 Å². The van der Waals surface area contributed by atoms with Crippen LogP contribution >= 0.6 is 0 Å². The van der Waals surface area contributed by atoms with E-state index in [1.165, 1.54) is 6.08 Å². The Morgan fingerprint density at radius 3 is 2.42 bits per heavy atom. The zero-order chi connectivity index (χ0) is 9.35. The van der Waals surface area contributed by atoms with Crippen LogP contribution in [0.15, 0.2) is 23.8 Å². The molecular weight excluding hydrogens is 150 g/mol. The van der Waals surface area contributed by atoms with E-state index in [4.69, 9.17) is 5.73 Å². The lowest BCUT2D eigenvalue weighted by atomic mass is 9.80. The number of hydrogen-bond acceptors (Lipinski definition) is 2. The van der Waals surface area contributed by atoms with Crippen LogP contribution in [0, 0.1) is 5.41 Å². The SMILES string of the molecule is CC(C)(C)C1=CC(=O)C=CC1N. The highest BCUT2D eigenvalue weighted by Gasteiger charge is 2.24. The lowest BCUT2D eigenvalue weighted by Gasteiger charge is -2.27. The van der Waals surface area contributed by atoms with Gasteiger partial charge in [0, 0.05) is 6.04 Å². The van der Waals surface area contributed by atoms with Crippen LogP contribution in [-0.4, -0.2) is 11.8 Å². The Bertz CT molecular complexity index is 256. The monoisotopic (exact) mass is 165 g/mol. The molecule has 0 aromatic rings. The number of carbonyl (C=O) groups is 1. The molecule has 2 heteroatoms. The van der Waals surface area contributed by atoms with Gasteiger partial charge in [0.1, 0.15) is 0 Å². The van der Waals surface area contributed by atoms with Gasteiger partial charge in [0.15, 0.2) is 5.78 Å². The van der Waals surface area contributed by atoms with E-state index in [2.05, 4.69) is 20.8 Å². The van der Waals surface area contributed by atoms with Gasteiger partial charge < -0.3 is 5.73 Å². The smallest absolute Gasteiger partial charge is 0.178 e. The van der Waals surface area contributed by atoms with Crippen molar-refractivity contribution in [1.29, 1.82) is 0 Å². The van der Waals surface area contributed by atoms with Crippen molar-refractivity contribution >= 4 is 5.78 Å². The molecule has 2 N–H and O–H groups in total. The first-order valence-corrected chi connectivity index (χ1v) is 4.11. The molecule has 0 bridgehead atoms. The third-order valence-corrected chi connectivity index (χ3v) is 1.99. The van der Waals surface area contributed by atoms with Gasteiger partial charge in [0.05, 0.1) is 0 Å². The van der Waals surface area contributed by atoms with Crippen molar-refractivity contribution in [3.05, 3.63) is 23.8 Å². The highest BCUT2D eigenvalue weighted by molar-refractivity contribution is 6.01. The first-order valence-electron chi connectivity index (χ1n) is 4.11. The minimum Gasteiger partial charge on any atom is -0.321 e. The van der Waals surface area contributed by atoms with E-state index in [1.807, 2.05) is 0 Å². The predicted octanol–water partition coefficient (Wildman–Crippen LogP) is 1.43. The lowest BCUT2D eigenvalue weighted by Crippen LogP contribution is -2.31.